The fraction of sp³-hybridized carbons (Fsp3) is 0.188. The smallest absolute Gasteiger partial charge is 0.290 e. The molecule has 0 saturated carbocycles. The second-order valence-corrected chi connectivity index (χ2v) is 4.92. The minimum Gasteiger partial charge on any atom is -0.465 e. The first-order valence-corrected chi connectivity index (χ1v) is 6.92. The van der Waals surface area contributed by atoms with Crippen LogP contribution in [-0.2, 0) is 20.7 Å². The number of para-hydroxylation sites is 1. The maximum absolute atomic E-state index is 12.0. The fourth-order valence-electron chi connectivity index (χ4n) is 2.35. The van der Waals surface area contributed by atoms with E-state index in [1.807, 2.05) is 30.5 Å². The van der Waals surface area contributed by atoms with Crippen molar-refractivity contribution < 1.29 is 19.4 Å². The molecule has 6 heteroatoms. The highest BCUT2D eigenvalue weighted by Gasteiger charge is 2.19. The molecule has 2 aromatic rings. The number of ether oxygens (including phenoxy) is 2. The number of nitrogens with one attached hydrogen (secondary N) is 2. The first-order valence-electron chi connectivity index (χ1n) is 6.92. The third-order valence-electron chi connectivity index (χ3n) is 3.42. The minimum absolute atomic E-state index is 0.0554. The first kappa shape index (κ1) is 14.2. The molecule has 0 fully saturated rings. The molecule has 1 amide bonds. The van der Waals surface area contributed by atoms with Crippen LogP contribution in [0.25, 0.3) is 10.9 Å². The quantitative estimate of drug-likeness (QED) is 0.782. The van der Waals surface area contributed by atoms with Crippen LogP contribution in [0.1, 0.15) is 5.56 Å². The number of aromatic nitrogens is 1. The molecular formula is C16H16N2O4. The first-order chi connectivity index (χ1) is 10.8. The summed E-state index contributed by atoms with van der Waals surface area (Å²) in [5.74, 6) is -0.372. The van der Waals surface area contributed by atoms with Gasteiger partial charge in [0.25, 0.3) is 5.91 Å². The van der Waals surface area contributed by atoms with Gasteiger partial charge in [0.05, 0.1) is 12.6 Å². The summed E-state index contributed by atoms with van der Waals surface area (Å²) < 4.78 is 9.93. The van der Waals surface area contributed by atoms with E-state index in [0.29, 0.717) is 6.42 Å². The van der Waals surface area contributed by atoms with Crippen LogP contribution in [0.4, 0.5) is 0 Å². The lowest BCUT2D eigenvalue weighted by Gasteiger charge is -2.17. The second-order valence-electron chi connectivity index (χ2n) is 4.92. The van der Waals surface area contributed by atoms with E-state index < -0.39 is 11.9 Å². The molecule has 0 unspecified atom stereocenters. The van der Waals surface area contributed by atoms with E-state index in [2.05, 4.69) is 10.3 Å². The number of hydrogen-bond acceptors (Lipinski definition) is 4. The summed E-state index contributed by atoms with van der Waals surface area (Å²) >= 11 is 0. The van der Waals surface area contributed by atoms with Crippen molar-refractivity contribution in [1.82, 2.24) is 10.3 Å². The third kappa shape index (κ3) is 2.96. The zero-order valence-electron chi connectivity index (χ0n) is 11.8. The number of H-pyrrole nitrogens is 1. The van der Waals surface area contributed by atoms with E-state index in [9.17, 15) is 9.90 Å². The summed E-state index contributed by atoms with van der Waals surface area (Å²) in [5, 5.41) is 13.3. The Bertz CT molecular complexity index is 733. The van der Waals surface area contributed by atoms with Gasteiger partial charge in [-0.15, -0.1) is 0 Å². The molecule has 1 aromatic heterocycles. The number of carbonyl (C=O) groups excluding carboxylic acids is 1. The average Bonchev–Trinajstić information content (AvgIpc) is 2.98. The molecule has 1 aliphatic rings. The summed E-state index contributed by atoms with van der Waals surface area (Å²) in [5.41, 5.74) is 2.06. The van der Waals surface area contributed by atoms with Crippen LogP contribution in [0.5, 0.6) is 0 Å². The predicted octanol–water partition coefficient (Wildman–Crippen LogP) is 1.55. The molecule has 6 nitrogen and oxygen atoms in total. The van der Waals surface area contributed by atoms with Crippen LogP contribution in [0.3, 0.4) is 0 Å². The van der Waals surface area contributed by atoms with Crippen molar-refractivity contribution in [2.24, 2.45) is 0 Å². The highest BCUT2D eigenvalue weighted by Crippen LogP contribution is 2.19. The normalized spacial score (nSPS) is 14.9. The Labute approximate surface area is 127 Å². The number of rotatable bonds is 5. The summed E-state index contributed by atoms with van der Waals surface area (Å²) in [6, 6.07) is 7.48. The van der Waals surface area contributed by atoms with Gasteiger partial charge in [-0.1, -0.05) is 18.2 Å². The molecule has 22 heavy (non-hydrogen) atoms. The molecule has 0 radical (unpaired) electrons. The van der Waals surface area contributed by atoms with Crippen molar-refractivity contribution in [2.45, 2.75) is 12.5 Å². The molecule has 0 spiro atoms. The molecule has 1 atom stereocenters. The molecule has 0 aliphatic carbocycles. The Kier molecular flexibility index (Phi) is 4.11. The van der Waals surface area contributed by atoms with Crippen molar-refractivity contribution in [3.8, 4) is 0 Å². The molecule has 3 rings (SSSR count). The van der Waals surface area contributed by atoms with Gasteiger partial charge in [-0.2, -0.15) is 0 Å². The lowest BCUT2D eigenvalue weighted by molar-refractivity contribution is -0.121. The number of aromatic amines is 1. The van der Waals surface area contributed by atoms with E-state index >= 15 is 0 Å². The SMILES string of the molecule is O=C(N[C@@H](CO)Cc1c[nH]c2ccccc12)C1=COC=CO1. The Morgan fingerprint density at radius 2 is 2.18 bits per heavy atom. The maximum atomic E-state index is 12.0. The van der Waals surface area contributed by atoms with Crippen molar-refractivity contribution in [2.75, 3.05) is 6.61 Å². The topological polar surface area (TPSA) is 83.6 Å². The second kappa shape index (κ2) is 6.36. The number of aliphatic hydroxyl groups is 1. The highest BCUT2D eigenvalue weighted by molar-refractivity contribution is 5.91. The summed E-state index contributed by atoms with van der Waals surface area (Å²) in [6.07, 6.45) is 6.22. The number of fused-ring (bicyclic) bond motifs is 1. The van der Waals surface area contributed by atoms with Gasteiger partial charge in [0.2, 0.25) is 5.76 Å². The summed E-state index contributed by atoms with van der Waals surface area (Å²) in [7, 11) is 0. The van der Waals surface area contributed by atoms with Crippen LogP contribution >= 0.6 is 0 Å². The predicted molar refractivity (Wildman–Crippen MR) is 80.4 cm³/mol. The zero-order chi connectivity index (χ0) is 15.4. The number of hydrogen-bond donors (Lipinski definition) is 3. The van der Waals surface area contributed by atoms with E-state index in [4.69, 9.17) is 9.47 Å². The van der Waals surface area contributed by atoms with E-state index in [0.717, 1.165) is 16.5 Å². The van der Waals surface area contributed by atoms with E-state index in [1.54, 1.807) is 0 Å². The van der Waals surface area contributed by atoms with Crippen molar-refractivity contribution in [1.29, 1.82) is 0 Å². The number of amides is 1. The van der Waals surface area contributed by atoms with Crippen molar-refractivity contribution in [3.63, 3.8) is 0 Å². The van der Waals surface area contributed by atoms with Crippen molar-refractivity contribution >= 4 is 16.8 Å². The molecule has 1 aromatic carbocycles. The largest absolute Gasteiger partial charge is 0.465 e. The number of carbonyl (C=O) groups is 1. The maximum Gasteiger partial charge on any atom is 0.290 e. The molecule has 2 heterocycles. The molecular weight excluding hydrogens is 284 g/mol. The third-order valence-corrected chi connectivity index (χ3v) is 3.42. The summed E-state index contributed by atoms with van der Waals surface area (Å²) in [6.45, 7) is -0.171. The van der Waals surface area contributed by atoms with Gasteiger partial charge in [0, 0.05) is 17.1 Å². The van der Waals surface area contributed by atoms with Gasteiger partial charge in [0.1, 0.15) is 18.8 Å². The van der Waals surface area contributed by atoms with Gasteiger partial charge in [0.15, 0.2) is 0 Å². The van der Waals surface area contributed by atoms with Gasteiger partial charge < -0.3 is 24.9 Å². The minimum atomic E-state index is -0.428. The highest BCUT2D eigenvalue weighted by atomic mass is 16.5. The zero-order valence-corrected chi connectivity index (χ0v) is 11.8. The lowest BCUT2D eigenvalue weighted by Crippen LogP contribution is -2.40. The van der Waals surface area contributed by atoms with Crippen LogP contribution in [0.2, 0.25) is 0 Å². The van der Waals surface area contributed by atoms with E-state index in [1.165, 1.54) is 18.8 Å². The molecule has 114 valence electrons. The monoisotopic (exact) mass is 300 g/mol. The van der Waals surface area contributed by atoms with Gasteiger partial charge in [-0.05, 0) is 18.1 Å². The Morgan fingerprint density at radius 1 is 1.32 bits per heavy atom. The molecule has 3 N–H and O–H groups in total. The Morgan fingerprint density at radius 3 is 2.95 bits per heavy atom. The number of aliphatic hydroxyl groups excluding tert-OH is 1. The van der Waals surface area contributed by atoms with Crippen molar-refractivity contribution in [3.05, 3.63) is 60.6 Å². The lowest BCUT2D eigenvalue weighted by atomic mass is 10.1. The van der Waals surface area contributed by atoms with Crippen LogP contribution < -0.4 is 5.32 Å². The van der Waals surface area contributed by atoms with E-state index in [-0.39, 0.29) is 12.4 Å². The molecule has 0 bridgehead atoms. The molecule has 1 aliphatic heterocycles. The van der Waals surface area contributed by atoms with Gasteiger partial charge in [-0.3, -0.25) is 4.79 Å². The van der Waals surface area contributed by atoms with Gasteiger partial charge >= 0.3 is 0 Å². The standard InChI is InChI=1S/C16H16N2O4/c19-9-12(18-16(20)15-10-21-5-6-22-15)7-11-8-17-14-4-2-1-3-13(11)14/h1-6,8,10,12,17,19H,7,9H2,(H,18,20)/t12-/m1/s1. The van der Waals surface area contributed by atoms with Crippen LogP contribution in [0, 0.1) is 0 Å². The van der Waals surface area contributed by atoms with Gasteiger partial charge in [-0.25, -0.2) is 0 Å². The Balaban J connectivity index is 1.69. The van der Waals surface area contributed by atoms with Crippen LogP contribution in [-0.4, -0.2) is 28.6 Å². The summed E-state index contributed by atoms with van der Waals surface area (Å²) in [4.78, 5) is 15.2. The fourth-order valence-corrected chi connectivity index (χ4v) is 2.35. The van der Waals surface area contributed by atoms with Crippen LogP contribution in [0.15, 0.2) is 55.0 Å². The average molecular weight is 300 g/mol. The Hall–Kier alpha value is -2.73. The number of benzene rings is 1. The molecule has 0 saturated heterocycles.